The van der Waals surface area contributed by atoms with Gasteiger partial charge in [0.1, 0.15) is 5.82 Å². The summed E-state index contributed by atoms with van der Waals surface area (Å²) < 4.78 is 40.5. The third kappa shape index (κ3) is 6.45. The molecule has 2 aromatic rings. The zero-order valence-electron chi connectivity index (χ0n) is 18.0. The summed E-state index contributed by atoms with van der Waals surface area (Å²) in [5.74, 6) is -0.686. The van der Waals surface area contributed by atoms with E-state index in [4.69, 9.17) is 0 Å². The maximum atomic E-state index is 13.6. The lowest BCUT2D eigenvalue weighted by atomic mass is 10.1. The van der Waals surface area contributed by atoms with Gasteiger partial charge in [-0.15, -0.1) is 0 Å². The summed E-state index contributed by atoms with van der Waals surface area (Å²) in [4.78, 5) is 16.6. The Morgan fingerprint density at radius 3 is 2.40 bits per heavy atom. The van der Waals surface area contributed by atoms with Gasteiger partial charge in [0, 0.05) is 44.1 Å². The number of benzene rings is 2. The second-order valence-electron chi connectivity index (χ2n) is 7.40. The lowest BCUT2D eigenvalue weighted by Gasteiger charge is -2.26. The van der Waals surface area contributed by atoms with Crippen molar-refractivity contribution in [2.45, 2.75) is 33.2 Å². The van der Waals surface area contributed by atoms with E-state index in [1.165, 1.54) is 18.2 Å². The number of hydrogen-bond donors (Lipinski definition) is 1. The number of carbonyl (C=O) groups excluding carboxylic acids is 1. The Balaban J connectivity index is 2.37. The number of amides is 1. The van der Waals surface area contributed by atoms with E-state index in [1.54, 1.807) is 30.0 Å². The van der Waals surface area contributed by atoms with Crippen molar-refractivity contribution in [3.63, 3.8) is 0 Å². The molecule has 8 heteroatoms. The predicted octanol–water partition coefficient (Wildman–Crippen LogP) is 4.10. The van der Waals surface area contributed by atoms with E-state index in [0.29, 0.717) is 18.7 Å². The number of anilines is 2. The summed E-state index contributed by atoms with van der Waals surface area (Å²) >= 11 is 0. The van der Waals surface area contributed by atoms with Crippen molar-refractivity contribution < 1.29 is 17.6 Å². The van der Waals surface area contributed by atoms with Gasteiger partial charge >= 0.3 is 0 Å². The second-order valence-corrected chi connectivity index (χ2v) is 9.24. The van der Waals surface area contributed by atoms with Crippen LogP contribution in [-0.2, 0) is 16.6 Å². The number of carbonyl (C=O) groups is 1. The van der Waals surface area contributed by atoms with Crippen LogP contribution in [0.25, 0.3) is 0 Å². The Hall–Kier alpha value is -2.61. The number of rotatable bonds is 10. The van der Waals surface area contributed by atoms with Crippen molar-refractivity contribution in [3.05, 3.63) is 59.4 Å². The van der Waals surface area contributed by atoms with Gasteiger partial charge in [0.15, 0.2) is 0 Å². The first-order valence-corrected chi connectivity index (χ1v) is 11.7. The SMILES string of the molecule is CCCN(Cc1cc(NS(=O)(=O)CCC)ccc1N(C)C)C(=O)c1cccc(F)c1. The third-order valence-electron chi connectivity index (χ3n) is 4.52. The molecule has 164 valence electrons. The largest absolute Gasteiger partial charge is 0.377 e. The van der Waals surface area contributed by atoms with Crippen LogP contribution in [0.1, 0.15) is 42.6 Å². The zero-order chi connectivity index (χ0) is 22.3. The Labute approximate surface area is 178 Å². The number of halogens is 1. The Bertz CT molecular complexity index is 977. The summed E-state index contributed by atoms with van der Waals surface area (Å²) in [6.45, 7) is 4.54. The molecule has 0 aliphatic rings. The number of nitrogens with one attached hydrogen (secondary N) is 1. The maximum absolute atomic E-state index is 13.6. The molecule has 1 N–H and O–H groups in total. The standard InChI is InChI=1S/C22H30FN3O3S/c1-5-12-26(22(27)17-8-7-9-19(23)14-17)16-18-15-20(10-11-21(18)25(3)4)24-30(28,29)13-6-2/h7-11,14-15,24H,5-6,12-13,16H2,1-4H3. The topological polar surface area (TPSA) is 69.7 Å². The van der Waals surface area contributed by atoms with Gasteiger partial charge in [-0.25, -0.2) is 12.8 Å². The van der Waals surface area contributed by atoms with Crippen molar-refractivity contribution in [1.82, 2.24) is 4.90 Å². The molecule has 0 aliphatic heterocycles. The molecule has 0 aromatic heterocycles. The van der Waals surface area contributed by atoms with Gasteiger partial charge in [-0.3, -0.25) is 9.52 Å². The van der Waals surface area contributed by atoms with Gasteiger partial charge in [0.2, 0.25) is 10.0 Å². The minimum absolute atomic E-state index is 0.0395. The van der Waals surface area contributed by atoms with Crippen LogP contribution in [0.15, 0.2) is 42.5 Å². The summed E-state index contributed by atoms with van der Waals surface area (Å²) in [5, 5.41) is 0. The van der Waals surface area contributed by atoms with Crippen molar-refractivity contribution in [3.8, 4) is 0 Å². The van der Waals surface area contributed by atoms with Crippen LogP contribution in [0.3, 0.4) is 0 Å². The fraction of sp³-hybridized carbons (Fsp3) is 0.409. The summed E-state index contributed by atoms with van der Waals surface area (Å²) in [5.41, 5.74) is 2.42. The lowest BCUT2D eigenvalue weighted by molar-refractivity contribution is 0.0743. The molecule has 0 heterocycles. The van der Waals surface area contributed by atoms with Crippen molar-refractivity contribution in [2.24, 2.45) is 0 Å². The highest BCUT2D eigenvalue weighted by atomic mass is 32.2. The van der Waals surface area contributed by atoms with Crippen LogP contribution in [0.4, 0.5) is 15.8 Å². The van der Waals surface area contributed by atoms with E-state index >= 15 is 0 Å². The normalized spacial score (nSPS) is 11.2. The van der Waals surface area contributed by atoms with Crippen LogP contribution in [-0.4, -0.2) is 45.6 Å². The molecule has 0 saturated heterocycles. The first-order chi connectivity index (χ1) is 14.2. The number of sulfonamides is 1. The molecule has 1 amide bonds. The first-order valence-electron chi connectivity index (χ1n) is 10.0. The van der Waals surface area contributed by atoms with Gasteiger partial charge in [-0.2, -0.15) is 0 Å². The molecule has 6 nitrogen and oxygen atoms in total. The van der Waals surface area contributed by atoms with Crippen molar-refractivity contribution >= 4 is 27.3 Å². The van der Waals surface area contributed by atoms with Gasteiger partial charge in [-0.05, 0) is 54.8 Å². The van der Waals surface area contributed by atoms with E-state index in [-0.39, 0.29) is 23.8 Å². The molecule has 0 spiro atoms. The van der Waals surface area contributed by atoms with Crippen LogP contribution in [0, 0.1) is 5.82 Å². The van der Waals surface area contributed by atoms with E-state index < -0.39 is 15.8 Å². The average Bonchev–Trinajstić information content (AvgIpc) is 2.66. The second kappa shape index (κ2) is 10.4. The highest BCUT2D eigenvalue weighted by Crippen LogP contribution is 2.26. The molecule has 0 saturated carbocycles. The zero-order valence-corrected chi connectivity index (χ0v) is 18.8. The third-order valence-corrected chi connectivity index (χ3v) is 6.01. The number of hydrogen-bond acceptors (Lipinski definition) is 4. The fourth-order valence-corrected chi connectivity index (χ4v) is 4.37. The minimum atomic E-state index is -3.42. The Morgan fingerprint density at radius 1 is 1.07 bits per heavy atom. The maximum Gasteiger partial charge on any atom is 0.254 e. The minimum Gasteiger partial charge on any atom is -0.377 e. The average molecular weight is 436 g/mol. The fourth-order valence-electron chi connectivity index (χ4n) is 3.24. The molecule has 0 bridgehead atoms. The molecule has 0 fully saturated rings. The van der Waals surface area contributed by atoms with Crippen LogP contribution >= 0.6 is 0 Å². The van der Waals surface area contributed by atoms with E-state index in [2.05, 4.69) is 4.72 Å². The molecular weight excluding hydrogens is 405 g/mol. The highest BCUT2D eigenvalue weighted by molar-refractivity contribution is 7.92. The Kier molecular flexibility index (Phi) is 8.23. The van der Waals surface area contributed by atoms with Gasteiger partial charge in [-0.1, -0.05) is 19.9 Å². The van der Waals surface area contributed by atoms with Crippen LogP contribution < -0.4 is 9.62 Å². The molecule has 0 aliphatic carbocycles. The van der Waals surface area contributed by atoms with E-state index in [1.807, 2.05) is 32.0 Å². The van der Waals surface area contributed by atoms with Gasteiger partial charge in [0.25, 0.3) is 5.91 Å². The molecule has 0 unspecified atom stereocenters. The monoisotopic (exact) mass is 435 g/mol. The lowest BCUT2D eigenvalue weighted by Crippen LogP contribution is -2.32. The van der Waals surface area contributed by atoms with Crippen LogP contribution in [0.2, 0.25) is 0 Å². The molecule has 30 heavy (non-hydrogen) atoms. The van der Waals surface area contributed by atoms with Gasteiger partial charge in [0.05, 0.1) is 5.75 Å². The summed E-state index contributed by atoms with van der Waals surface area (Å²) in [6.07, 6.45) is 1.26. The van der Waals surface area contributed by atoms with E-state index in [0.717, 1.165) is 17.7 Å². The molecular formula is C22H30FN3O3S. The first kappa shape index (κ1) is 23.7. The smallest absolute Gasteiger partial charge is 0.254 e. The highest BCUT2D eigenvalue weighted by Gasteiger charge is 2.19. The summed E-state index contributed by atoms with van der Waals surface area (Å²) in [6, 6.07) is 10.9. The molecule has 2 rings (SSSR count). The molecule has 0 radical (unpaired) electrons. The summed E-state index contributed by atoms with van der Waals surface area (Å²) in [7, 11) is 0.351. The van der Waals surface area contributed by atoms with Crippen molar-refractivity contribution in [2.75, 3.05) is 36.0 Å². The van der Waals surface area contributed by atoms with Crippen LogP contribution in [0.5, 0.6) is 0 Å². The quantitative estimate of drug-likeness (QED) is 0.610. The molecule has 2 aromatic carbocycles. The molecule has 0 atom stereocenters. The van der Waals surface area contributed by atoms with Crippen molar-refractivity contribution in [1.29, 1.82) is 0 Å². The Morgan fingerprint density at radius 2 is 1.80 bits per heavy atom. The predicted molar refractivity (Wildman–Crippen MR) is 120 cm³/mol. The van der Waals surface area contributed by atoms with E-state index in [9.17, 15) is 17.6 Å². The van der Waals surface area contributed by atoms with Gasteiger partial charge < -0.3 is 9.80 Å². The number of nitrogens with zero attached hydrogens (tertiary/aromatic N) is 2.